The minimum absolute atomic E-state index is 0.0240. The van der Waals surface area contributed by atoms with E-state index in [1.807, 2.05) is 13.8 Å². The summed E-state index contributed by atoms with van der Waals surface area (Å²) in [7, 11) is 0. The second kappa shape index (κ2) is 9.77. The molecule has 2 aromatic heterocycles. The zero-order chi connectivity index (χ0) is 24.7. The van der Waals surface area contributed by atoms with Crippen molar-refractivity contribution >= 4 is 29.0 Å². The van der Waals surface area contributed by atoms with Crippen LogP contribution in [-0.4, -0.2) is 76.0 Å². The Morgan fingerprint density at radius 3 is 2.66 bits per heavy atom. The van der Waals surface area contributed by atoms with Crippen LogP contribution >= 0.6 is 11.3 Å². The fraction of sp³-hybridized carbons (Fsp3) is 0.583. The van der Waals surface area contributed by atoms with Crippen LogP contribution in [0.3, 0.4) is 0 Å². The van der Waals surface area contributed by atoms with Gasteiger partial charge in [0.1, 0.15) is 11.5 Å². The van der Waals surface area contributed by atoms with Crippen molar-refractivity contribution in [3.05, 3.63) is 28.5 Å². The number of hydrogen-bond acceptors (Lipinski definition) is 7. The Hall–Kier alpha value is -2.66. The smallest absolute Gasteiger partial charge is 0.283 e. The Kier molecular flexibility index (Phi) is 6.71. The largest absolute Gasteiger partial charge is 0.371 e. The van der Waals surface area contributed by atoms with E-state index >= 15 is 0 Å². The molecule has 3 unspecified atom stereocenters. The average molecular weight is 506 g/mol. The monoisotopic (exact) mass is 505 g/mol. The highest BCUT2D eigenvalue weighted by Gasteiger charge is 2.41. The number of piperidine rings is 1. The molecule has 2 bridgehead atoms. The van der Waals surface area contributed by atoms with Gasteiger partial charge in [-0.25, -0.2) is 18.7 Å². The third kappa shape index (κ3) is 4.63. The molecular formula is C24H29F2N5O3S. The van der Waals surface area contributed by atoms with Gasteiger partial charge in [0.2, 0.25) is 0 Å². The summed E-state index contributed by atoms with van der Waals surface area (Å²) >= 11 is 0.990. The predicted octanol–water partition coefficient (Wildman–Crippen LogP) is 4.20. The van der Waals surface area contributed by atoms with Crippen LogP contribution in [0.25, 0.3) is 10.4 Å². The number of carbonyl (C=O) groups excluding carboxylic acids is 2. The number of nitrogens with one attached hydrogen (secondary N) is 1. The first-order valence-corrected chi connectivity index (χ1v) is 13.0. The van der Waals surface area contributed by atoms with E-state index in [0.717, 1.165) is 37.0 Å². The molecule has 35 heavy (non-hydrogen) atoms. The summed E-state index contributed by atoms with van der Waals surface area (Å²) < 4.78 is 33.9. The van der Waals surface area contributed by atoms with Gasteiger partial charge in [-0.2, -0.15) is 0 Å². The number of halogens is 2. The molecule has 0 spiro atoms. The quantitative estimate of drug-likeness (QED) is 0.607. The number of nitrogens with zero attached hydrogens (tertiary/aromatic N) is 4. The molecule has 1 N–H and O–H groups in total. The summed E-state index contributed by atoms with van der Waals surface area (Å²) in [5.41, 5.74) is -0.0560. The summed E-state index contributed by atoms with van der Waals surface area (Å²) in [5.74, 6) is -0.283. The molecule has 4 aliphatic heterocycles. The second-order valence-electron chi connectivity index (χ2n) is 9.40. The third-order valence-corrected chi connectivity index (χ3v) is 7.92. The van der Waals surface area contributed by atoms with Crippen LogP contribution in [0.1, 0.15) is 71.8 Å². The molecule has 2 aromatic rings. The van der Waals surface area contributed by atoms with Crippen LogP contribution in [0.2, 0.25) is 0 Å². The first-order valence-electron chi connectivity index (χ1n) is 12.1. The van der Waals surface area contributed by atoms with Gasteiger partial charge in [-0.1, -0.05) is 6.92 Å². The summed E-state index contributed by atoms with van der Waals surface area (Å²) in [6, 6.07) is 1.34. The van der Waals surface area contributed by atoms with Gasteiger partial charge in [0, 0.05) is 56.0 Å². The van der Waals surface area contributed by atoms with Crippen LogP contribution in [0.4, 0.5) is 14.6 Å². The van der Waals surface area contributed by atoms with E-state index in [2.05, 4.69) is 15.3 Å². The zero-order valence-electron chi connectivity index (χ0n) is 19.8. The van der Waals surface area contributed by atoms with Gasteiger partial charge in [0.15, 0.2) is 5.01 Å². The van der Waals surface area contributed by atoms with Gasteiger partial charge in [0.25, 0.3) is 18.2 Å². The van der Waals surface area contributed by atoms with Crippen molar-refractivity contribution in [2.45, 2.75) is 64.2 Å². The van der Waals surface area contributed by atoms with E-state index in [-0.39, 0.29) is 56.8 Å². The topological polar surface area (TPSA) is 87.7 Å². The molecule has 2 amide bonds. The maximum atomic E-state index is 14.2. The molecule has 6 heterocycles. The number of carbonyl (C=O) groups is 2. The van der Waals surface area contributed by atoms with Crippen LogP contribution in [-0.2, 0) is 4.74 Å². The molecule has 0 radical (unpaired) electrons. The number of anilines is 1. The Morgan fingerprint density at radius 1 is 1.29 bits per heavy atom. The van der Waals surface area contributed by atoms with Crippen molar-refractivity contribution in [3.8, 4) is 10.4 Å². The lowest BCUT2D eigenvalue weighted by Crippen LogP contribution is -2.58. The highest BCUT2D eigenvalue weighted by Crippen LogP contribution is 2.39. The molecule has 4 saturated heterocycles. The molecule has 0 saturated carbocycles. The van der Waals surface area contributed by atoms with Crippen molar-refractivity contribution in [3.63, 3.8) is 0 Å². The normalized spacial score (nSPS) is 23.5. The van der Waals surface area contributed by atoms with Gasteiger partial charge in [-0.05, 0) is 32.3 Å². The second-order valence-corrected chi connectivity index (χ2v) is 10.4. The highest BCUT2D eigenvalue weighted by atomic mass is 32.1. The molecule has 0 aromatic carbocycles. The van der Waals surface area contributed by atoms with E-state index in [0.29, 0.717) is 32.0 Å². The van der Waals surface area contributed by atoms with Crippen molar-refractivity contribution < 1.29 is 23.1 Å². The lowest BCUT2D eigenvalue weighted by Gasteiger charge is -2.46. The Balaban J connectivity index is 1.54. The van der Waals surface area contributed by atoms with Gasteiger partial charge in [-0.3, -0.25) is 9.59 Å². The van der Waals surface area contributed by atoms with Crippen LogP contribution in [0.5, 0.6) is 0 Å². The number of fused-ring (bicyclic) bond motifs is 2. The molecule has 6 rings (SSSR count). The molecule has 8 nitrogen and oxygen atoms in total. The number of amides is 2. The molecule has 0 aliphatic carbocycles. The number of aromatic nitrogens is 2. The van der Waals surface area contributed by atoms with Crippen LogP contribution in [0.15, 0.2) is 12.3 Å². The van der Waals surface area contributed by atoms with E-state index in [4.69, 9.17) is 4.74 Å². The maximum absolute atomic E-state index is 14.2. The summed E-state index contributed by atoms with van der Waals surface area (Å²) in [6.45, 7) is 6.06. The van der Waals surface area contributed by atoms with Crippen molar-refractivity contribution in [2.75, 3.05) is 31.5 Å². The standard InChI is InChI=1S/C24H29F2N5O3S/c1-3-6-27-18-9-16(21(25)26)17(10-28-18)20-19(23(32)31-7-4-5-13(31)2)29-22(35-20)24(33)30-11-14-8-15(12-30)34-14/h9-10,13-15,21H,3-8,11-12H2,1-2H3,(H,27,28). The minimum atomic E-state index is -2.78. The average Bonchev–Trinajstić information content (AvgIpc) is 3.48. The predicted molar refractivity (Wildman–Crippen MR) is 128 cm³/mol. The van der Waals surface area contributed by atoms with E-state index in [9.17, 15) is 18.4 Å². The Labute approximate surface area is 206 Å². The summed E-state index contributed by atoms with van der Waals surface area (Å²) in [4.78, 5) is 39.2. The number of hydrogen-bond donors (Lipinski definition) is 1. The maximum Gasteiger partial charge on any atom is 0.283 e. The highest BCUT2D eigenvalue weighted by molar-refractivity contribution is 7.17. The fourth-order valence-electron chi connectivity index (χ4n) is 4.96. The minimum Gasteiger partial charge on any atom is -0.371 e. The first kappa shape index (κ1) is 24.1. The fourth-order valence-corrected chi connectivity index (χ4v) is 6.01. The molecule has 11 heteroatoms. The van der Waals surface area contributed by atoms with Crippen molar-refractivity contribution in [1.82, 2.24) is 19.8 Å². The van der Waals surface area contributed by atoms with Gasteiger partial charge in [-0.15, -0.1) is 11.3 Å². The number of pyridine rings is 1. The molecule has 3 atom stereocenters. The Morgan fingerprint density at radius 2 is 2.03 bits per heavy atom. The lowest BCUT2D eigenvalue weighted by atomic mass is 9.99. The van der Waals surface area contributed by atoms with E-state index in [1.54, 1.807) is 9.80 Å². The first-order chi connectivity index (χ1) is 16.9. The number of morpholine rings is 1. The van der Waals surface area contributed by atoms with Gasteiger partial charge >= 0.3 is 0 Å². The van der Waals surface area contributed by atoms with Crippen LogP contribution < -0.4 is 5.32 Å². The molecule has 4 aliphatic rings. The van der Waals surface area contributed by atoms with Crippen molar-refractivity contribution in [1.29, 1.82) is 0 Å². The molecule has 188 valence electrons. The number of likely N-dealkylation sites (tertiary alicyclic amines) is 1. The van der Waals surface area contributed by atoms with Crippen molar-refractivity contribution in [2.24, 2.45) is 0 Å². The van der Waals surface area contributed by atoms with E-state index < -0.39 is 6.43 Å². The number of rotatable bonds is 7. The molecule has 4 fully saturated rings. The number of ether oxygens (including phenoxy) is 1. The van der Waals surface area contributed by atoms with E-state index in [1.165, 1.54) is 12.3 Å². The lowest BCUT2D eigenvalue weighted by molar-refractivity contribution is -0.171. The zero-order valence-corrected chi connectivity index (χ0v) is 20.6. The number of thiazole rings is 1. The third-order valence-electron chi connectivity index (χ3n) is 6.84. The Bertz CT molecular complexity index is 1110. The van der Waals surface area contributed by atoms with Gasteiger partial charge in [0.05, 0.1) is 17.1 Å². The molecular weight excluding hydrogens is 476 g/mol. The van der Waals surface area contributed by atoms with Crippen LogP contribution in [0, 0.1) is 0 Å². The summed E-state index contributed by atoms with van der Waals surface area (Å²) in [5, 5.41) is 3.16. The summed E-state index contributed by atoms with van der Waals surface area (Å²) in [6.07, 6.45) is 2.13. The SMILES string of the molecule is CCCNc1cc(C(F)F)c(-c2sc(C(=O)N3CC4CC(C3)O4)nc2C(=O)N2CCCC2C)cn1. The van der Waals surface area contributed by atoms with Gasteiger partial charge < -0.3 is 19.9 Å². The number of alkyl halides is 2.